The zero-order valence-electron chi connectivity index (χ0n) is 20.3. The van der Waals surface area contributed by atoms with Crippen LogP contribution in [0.5, 0.6) is 0 Å². The van der Waals surface area contributed by atoms with Gasteiger partial charge in [-0.25, -0.2) is 9.37 Å². The number of hydrogen-bond donors (Lipinski definition) is 1. The number of carbonyl (C=O) groups excluding carboxylic acids is 1. The number of carbonyl (C=O) groups is 1. The molecule has 0 bridgehead atoms. The SMILES string of the molecule is Cc1cc(C)cc(-n2c(SCc3cccc(F)c3)nc3cc(C(=O)NCC(C)C)ccc3c2=O)c1. The predicted molar refractivity (Wildman–Crippen MR) is 140 cm³/mol. The largest absolute Gasteiger partial charge is 0.352 e. The third-order valence-electron chi connectivity index (χ3n) is 5.49. The van der Waals surface area contributed by atoms with E-state index in [1.54, 1.807) is 28.8 Å². The van der Waals surface area contributed by atoms with E-state index >= 15 is 0 Å². The molecular weight excluding hydrogens is 461 g/mol. The van der Waals surface area contributed by atoms with E-state index in [0.717, 1.165) is 22.4 Å². The second-order valence-electron chi connectivity index (χ2n) is 9.14. The highest BCUT2D eigenvalue weighted by molar-refractivity contribution is 7.98. The molecule has 4 rings (SSSR count). The smallest absolute Gasteiger partial charge is 0.266 e. The Balaban J connectivity index is 1.82. The van der Waals surface area contributed by atoms with Gasteiger partial charge >= 0.3 is 0 Å². The lowest BCUT2D eigenvalue weighted by Gasteiger charge is -2.15. The molecule has 0 fully saturated rings. The average molecular weight is 490 g/mol. The molecule has 0 atom stereocenters. The van der Waals surface area contributed by atoms with Gasteiger partial charge in [-0.2, -0.15) is 0 Å². The molecule has 0 saturated heterocycles. The first-order valence-corrected chi connectivity index (χ1v) is 12.5. The predicted octanol–water partition coefficient (Wildman–Crippen LogP) is 5.82. The van der Waals surface area contributed by atoms with Crippen LogP contribution in [-0.2, 0) is 5.75 Å². The first kappa shape index (κ1) is 24.7. The highest BCUT2D eigenvalue weighted by atomic mass is 32.2. The van der Waals surface area contributed by atoms with E-state index in [1.165, 1.54) is 23.9 Å². The van der Waals surface area contributed by atoms with Gasteiger partial charge in [-0.15, -0.1) is 0 Å². The van der Waals surface area contributed by atoms with Crippen LogP contribution in [0.4, 0.5) is 4.39 Å². The molecular formula is C28H28FN3O2S. The van der Waals surface area contributed by atoms with Crippen LogP contribution in [0.3, 0.4) is 0 Å². The van der Waals surface area contributed by atoms with Crippen LogP contribution in [0.1, 0.15) is 40.9 Å². The third-order valence-corrected chi connectivity index (χ3v) is 6.50. The number of fused-ring (bicyclic) bond motifs is 1. The van der Waals surface area contributed by atoms with Crippen LogP contribution in [0.15, 0.2) is 70.6 Å². The lowest BCUT2D eigenvalue weighted by atomic mass is 10.1. The van der Waals surface area contributed by atoms with Gasteiger partial charge in [0.15, 0.2) is 5.16 Å². The molecule has 1 N–H and O–H groups in total. The van der Waals surface area contributed by atoms with Gasteiger partial charge in [0.05, 0.1) is 16.6 Å². The summed E-state index contributed by atoms with van der Waals surface area (Å²) in [6, 6.07) is 17.3. The lowest BCUT2D eigenvalue weighted by molar-refractivity contribution is 0.0949. The van der Waals surface area contributed by atoms with E-state index in [1.807, 2.05) is 52.0 Å². The summed E-state index contributed by atoms with van der Waals surface area (Å²) in [5, 5.41) is 3.82. The quantitative estimate of drug-likeness (QED) is 0.262. The van der Waals surface area contributed by atoms with Crippen LogP contribution in [0.25, 0.3) is 16.6 Å². The minimum atomic E-state index is -0.307. The minimum Gasteiger partial charge on any atom is -0.352 e. The molecule has 4 aromatic rings. The Morgan fingerprint density at radius 3 is 2.49 bits per heavy atom. The topological polar surface area (TPSA) is 64.0 Å². The fourth-order valence-corrected chi connectivity index (χ4v) is 4.84. The fraction of sp³-hybridized carbons (Fsp3) is 0.250. The Morgan fingerprint density at radius 1 is 1.06 bits per heavy atom. The summed E-state index contributed by atoms with van der Waals surface area (Å²) >= 11 is 1.36. The molecule has 180 valence electrons. The van der Waals surface area contributed by atoms with Gasteiger partial charge in [0.25, 0.3) is 11.5 Å². The number of benzene rings is 3. The zero-order chi connectivity index (χ0) is 25.1. The first-order valence-electron chi connectivity index (χ1n) is 11.5. The number of halogens is 1. The first-order chi connectivity index (χ1) is 16.7. The maximum absolute atomic E-state index is 13.7. The van der Waals surface area contributed by atoms with Crippen molar-refractivity contribution in [3.8, 4) is 5.69 Å². The van der Waals surface area contributed by atoms with E-state index in [0.29, 0.717) is 39.8 Å². The van der Waals surface area contributed by atoms with Crippen LogP contribution < -0.4 is 10.9 Å². The Labute approximate surface area is 208 Å². The van der Waals surface area contributed by atoms with Gasteiger partial charge in [-0.3, -0.25) is 14.2 Å². The van der Waals surface area contributed by atoms with Gasteiger partial charge < -0.3 is 5.32 Å². The van der Waals surface area contributed by atoms with Gasteiger partial charge in [0, 0.05) is 17.9 Å². The molecule has 0 aliphatic carbocycles. The summed E-state index contributed by atoms with van der Waals surface area (Å²) in [5.74, 6) is 0.260. The van der Waals surface area contributed by atoms with Crippen LogP contribution >= 0.6 is 11.8 Å². The van der Waals surface area contributed by atoms with Gasteiger partial charge in [-0.1, -0.05) is 43.8 Å². The lowest BCUT2D eigenvalue weighted by Crippen LogP contribution is -2.27. The Kier molecular flexibility index (Phi) is 7.36. The molecule has 1 amide bonds. The molecule has 0 saturated carbocycles. The molecule has 1 heterocycles. The Morgan fingerprint density at radius 2 is 1.80 bits per heavy atom. The standard InChI is InChI=1S/C28H28FN3O2S/c1-17(2)15-30-26(33)21-8-9-24-25(14-21)31-28(35-16-20-6-5-7-22(29)13-20)32(27(24)34)23-11-18(3)10-19(4)12-23/h5-14,17H,15-16H2,1-4H3,(H,30,33). The van der Waals surface area contributed by atoms with Crippen molar-refractivity contribution in [3.63, 3.8) is 0 Å². The number of hydrogen-bond acceptors (Lipinski definition) is 4. The summed E-state index contributed by atoms with van der Waals surface area (Å²) in [6.45, 7) is 8.59. The summed E-state index contributed by atoms with van der Waals surface area (Å²) in [6.07, 6.45) is 0. The number of aromatic nitrogens is 2. The van der Waals surface area contributed by atoms with E-state index in [2.05, 4.69) is 5.32 Å². The zero-order valence-corrected chi connectivity index (χ0v) is 21.1. The molecule has 0 unspecified atom stereocenters. The molecule has 35 heavy (non-hydrogen) atoms. The van der Waals surface area contributed by atoms with Crippen molar-refractivity contribution in [1.82, 2.24) is 14.9 Å². The van der Waals surface area contributed by atoms with Crippen molar-refractivity contribution >= 4 is 28.6 Å². The van der Waals surface area contributed by atoms with Crippen LogP contribution in [0.2, 0.25) is 0 Å². The normalized spacial score (nSPS) is 11.3. The number of amides is 1. The average Bonchev–Trinajstić information content (AvgIpc) is 2.80. The highest BCUT2D eigenvalue weighted by Crippen LogP contribution is 2.26. The van der Waals surface area contributed by atoms with E-state index in [9.17, 15) is 14.0 Å². The molecule has 0 radical (unpaired) electrons. The van der Waals surface area contributed by atoms with Gasteiger partial charge in [0.1, 0.15) is 5.82 Å². The summed E-state index contributed by atoms with van der Waals surface area (Å²) < 4.78 is 15.3. The summed E-state index contributed by atoms with van der Waals surface area (Å²) in [7, 11) is 0. The number of nitrogens with zero attached hydrogens (tertiary/aromatic N) is 2. The number of thioether (sulfide) groups is 1. The molecule has 5 nitrogen and oxygen atoms in total. The van der Waals surface area contributed by atoms with Crippen molar-refractivity contribution in [2.45, 2.75) is 38.6 Å². The van der Waals surface area contributed by atoms with Gasteiger partial charge in [-0.05, 0) is 78.9 Å². The third kappa shape index (κ3) is 5.80. The van der Waals surface area contributed by atoms with Crippen LogP contribution in [-0.4, -0.2) is 22.0 Å². The molecule has 3 aromatic carbocycles. The Hall–Kier alpha value is -3.45. The van der Waals surface area contributed by atoms with Crippen molar-refractivity contribution in [1.29, 1.82) is 0 Å². The molecule has 0 aliphatic heterocycles. The highest BCUT2D eigenvalue weighted by Gasteiger charge is 2.16. The molecule has 0 spiro atoms. The van der Waals surface area contributed by atoms with E-state index in [4.69, 9.17) is 4.98 Å². The van der Waals surface area contributed by atoms with E-state index < -0.39 is 0 Å². The summed E-state index contributed by atoms with van der Waals surface area (Å²) in [5.41, 5.74) is 4.27. The van der Waals surface area contributed by atoms with Crippen molar-refractivity contribution in [2.24, 2.45) is 5.92 Å². The fourth-order valence-electron chi connectivity index (χ4n) is 3.88. The van der Waals surface area contributed by atoms with E-state index in [-0.39, 0.29) is 17.3 Å². The number of nitrogens with one attached hydrogen (secondary N) is 1. The summed E-state index contributed by atoms with van der Waals surface area (Å²) in [4.78, 5) is 31.1. The van der Waals surface area contributed by atoms with Crippen molar-refractivity contribution in [2.75, 3.05) is 6.54 Å². The van der Waals surface area contributed by atoms with Gasteiger partial charge in [0.2, 0.25) is 0 Å². The molecule has 0 aliphatic rings. The monoisotopic (exact) mass is 489 g/mol. The Bertz CT molecular complexity index is 1440. The number of rotatable bonds is 7. The number of aryl methyl sites for hydroxylation is 2. The second kappa shape index (κ2) is 10.4. The molecule has 7 heteroatoms. The van der Waals surface area contributed by atoms with Crippen LogP contribution in [0, 0.1) is 25.6 Å². The minimum absolute atomic E-state index is 0.199. The molecule has 1 aromatic heterocycles. The van der Waals surface area contributed by atoms with Crippen molar-refractivity contribution in [3.05, 3.63) is 99.1 Å². The maximum atomic E-state index is 13.7. The second-order valence-corrected chi connectivity index (χ2v) is 10.1. The maximum Gasteiger partial charge on any atom is 0.266 e. The van der Waals surface area contributed by atoms with Crippen molar-refractivity contribution < 1.29 is 9.18 Å².